The Morgan fingerprint density at radius 1 is 1.33 bits per heavy atom. The fourth-order valence-corrected chi connectivity index (χ4v) is 1.70. The molecule has 1 amide bonds. The number of amides is 1. The Balaban J connectivity index is 2.96. The summed E-state index contributed by atoms with van der Waals surface area (Å²) in [6.45, 7) is 5.57. The van der Waals surface area contributed by atoms with E-state index in [-0.39, 0.29) is 5.69 Å². The molecule has 21 heavy (non-hydrogen) atoms. The van der Waals surface area contributed by atoms with Crippen LogP contribution in [0.3, 0.4) is 0 Å². The summed E-state index contributed by atoms with van der Waals surface area (Å²) in [7, 11) is 0. The van der Waals surface area contributed by atoms with E-state index in [4.69, 9.17) is 0 Å². The monoisotopic (exact) mass is 302 g/mol. The molecule has 0 fully saturated rings. The second kappa shape index (κ2) is 5.83. The third-order valence-corrected chi connectivity index (χ3v) is 3.92. The lowest BCUT2D eigenvalue weighted by Gasteiger charge is -2.38. The zero-order chi connectivity index (χ0) is 16.4. The van der Waals surface area contributed by atoms with Gasteiger partial charge in [-0.05, 0) is 39.8 Å². The van der Waals surface area contributed by atoms with Gasteiger partial charge in [0, 0.05) is 6.20 Å². The van der Waals surface area contributed by atoms with E-state index in [2.05, 4.69) is 5.32 Å². The molecule has 1 aromatic heterocycles. The number of hydrogen-bond acceptors (Lipinski definition) is 2. The number of aliphatic carboxylic acids is 1. The highest BCUT2D eigenvalue weighted by atomic mass is 19.3. The van der Waals surface area contributed by atoms with Gasteiger partial charge >= 0.3 is 5.97 Å². The molecule has 0 saturated heterocycles. The number of hydrogen-bond donors (Lipinski definition) is 2. The SMILES string of the molecule is CC(C)(NC(=O)c1cccn1CC(F)F)C(C)(C)C(=O)O. The molecule has 0 aromatic carbocycles. The molecule has 5 nitrogen and oxygen atoms in total. The number of halogens is 2. The highest BCUT2D eigenvalue weighted by Gasteiger charge is 2.44. The minimum absolute atomic E-state index is 0.0737. The minimum Gasteiger partial charge on any atom is -0.481 e. The van der Waals surface area contributed by atoms with Crippen molar-refractivity contribution in [2.75, 3.05) is 0 Å². The summed E-state index contributed by atoms with van der Waals surface area (Å²) < 4.78 is 26.0. The summed E-state index contributed by atoms with van der Waals surface area (Å²) in [6, 6.07) is 2.91. The first-order chi connectivity index (χ1) is 9.49. The van der Waals surface area contributed by atoms with Crippen molar-refractivity contribution in [1.82, 2.24) is 9.88 Å². The molecular formula is C14H20F2N2O3. The van der Waals surface area contributed by atoms with E-state index >= 15 is 0 Å². The highest BCUT2D eigenvalue weighted by molar-refractivity contribution is 5.94. The van der Waals surface area contributed by atoms with Crippen LogP contribution in [0.15, 0.2) is 18.3 Å². The standard InChI is InChI=1S/C14H20F2N2O3/c1-13(2,12(20)21)14(3,4)17-11(19)9-6-5-7-18(9)8-10(15)16/h5-7,10H,8H2,1-4H3,(H,17,19)(H,20,21). The van der Waals surface area contributed by atoms with Crippen LogP contribution in [0.5, 0.6) is 0 Å². The van der Waals surface area contributed by atoms with Crippen molar-refractivity contribution < 1.29 is 23.5 Å². The van der Waals surface area contributed by atoms with Gasteiger partial charge in [-0.15, -0.1) is 0 Å². The molecule has 7 heteroatoms. The van der Waals surface area contributed by atoms with Crippen LogP contribution in [0.4, 0.5) is 8.78 Å². The summed E-state index contributed by atoms with van der Waals surface area (Å²) in [6.07, 6.45) is -1.19. The van der Waals surface area contributed by atoms with Gasteiger partial charge in [-0.25, -0.2) is 8.78 Å². The number of aromatic nitrogens is 1. The molecule has 0 aliphatic heterocycles. The fraction of sp³-hybridized carbons (Fsp3) is 0.571. The quantitative estimate of drug-likeness (QED) is 0.847. The molecule has 0 spiro atoms. The predicted molar refractivity (Wildman–Crippen MR) is 73.4 cm³/mol. The second-order valence-corrected chi connectivity index (χ2v) is 5.95. The molecule has 0 bridgehead atoms. The summed E-state index contributed by atoms with van der Waals surface area (Å²) in [4.78, 5) is 23.5. The smallest absolute Gasteiger partial charge is 0.311 e. The number of carboxylic acids is 1. The van der Waals surface area contributed by atoms with Gasteiger partial charge in [0.2, 0.25) is 0 Å². The molecule has 0 aliphatic rings. The molecule has 0 atom stereocenters. The number of nitrogens with zero attached hydrogens (tertiary/aromatic N) is 1. The van der Waals surface area contributed by atoms with Gasteiger partial charge in [0.1, 0.15) is 5.69 Å². The number of carbonyl (C=O) groups is 2. The Bertz CT molecular complexity index is 536. The van der Waals surface area contributed by atoms with E-state index < -0.39 is 35.8 Å². The Morgan fingerprint density at radius 2 is 1.90 bits per heavy atom. The molecule has 0 saturated carbocycles. The maximum Gasteiger partial charge on any atom is 0.311 e. The lowest BCUT2D eigenvalue weighted by Crippen LogP contribution is -2.57. The average Bonchev–Trinajstić information content (AvgIpc) is 2.75. The second-order valence-electron chi connectivity index (χ2n) is 5.95. The van der Waals surface area contributed by atoms with Gasteiger partial charge in [-0.1, -0.05) is 0 Å². The van der Waals surface area contributed by atoms with E-state index in [1.54, 1.807) is 13.8 Å². The van der Waals surface area contributed by atoms with Gasteiger partial charge in [0.15, 0.2) is 0 Å². The van der Waals surface area contributed by atoms with Crippen molar-refractivity contribution >= 4 is 11.9 Å². The van der Waals surface area contributed by atoms with Gasteiger partial charge in [0.05, 0.1) is 17.5 Å². The van der Waals surface area contributed by atoms with Gasteiger partial charge < -0.3 is 15.0 Å². The third-order valence-electron chi connectivity index (χ3n) is 3.92. The highest BCUT2D eigenvalue weighted by Crippen LogP contribution is 2.31. The number of nitrogens with one attached hydrogen (secondary N) is 1. The summed E-state index contributed by atoms with van der Waals surface area (Å²) >= 11 is 0. The van der Waals surface area contributed by atoms with Crippen LogP contribution >= 0.6 is 0 Å². The van der Waals surface area contributed by atoms with Crippen molar-refractivity contribution in [1.29, 1.82) is 0 Å². The first-order valence-electron chi connectivity index (χ1n) is 6.48. The summed E-state index contributed by atoms with van der Waals surface area (Å²) in [5.74, 6) is -1.64. The van der Waals surface area contributed by atoms with Crippen molar-refractivity contribution in [3.8, 4) is 0 Å². The molecular weight excluding hydrogens is 282 g/mol. The van der Waals surface area contributed by atoms with Gasteiger partial charge in [-0.2, -0.15) is 0 Å². The van der Waals surface area contributed by atoms with E-state index in [1.165, 1.54) is 32.2 Å². The molecule has 0 aliphatic carbocycles. The fourth-order valence-electron chi connectivity index (χ4n) is 1.70. The predicted octanol–water partition coefficient (Wildman–Crippen LogP) is 2.37. The molecule has 0 unspecified atom stereocenters. The normalized spacial score (nSPS) is 12.5. The molecule has 2 N–H and O–H groups in total. The topological polar surface area (TPSA) is 71.3 Å². The Morgan fingerprint density at radius 3 is 2.38 bits per heavy atom. The Kier molecular flexibility index (Phi) is 4.76. The number of carboxylic acid groups (broad SMARTS) is 1. The molecule has 1 heterocycles. The van der Waals surface area contributed by atoms with E-state index in [1.807, 2.05) is 0 Å². The maximum absolute atomic E-state index is 12.4. The maximum atomic E-state index is 12.4. The lowest BCUT2D eigenvalue weighted by atomic mass is 9.74. The first-order valence-corrected chi connectivity index (χ1v) is 6.48. The van der Waals surface area contributed by atoms with Crippen molar-refractivity contribution in [2.24, 2.45) is 5.41 Å². The van der Waals surface area contributed by atoms with Crippen molar-refractivity contribution in [2.45, 2.75) is 46.2 Å². The number of rotatable bonds is 6. The van der Waals surface area contributed by atoms with Crippen molar-refractivity contribution in [3.63, 3.8) is 0 Å². The minimum atomic E-state index is -2.58. The van der Waals surface area contributed by atoms with Gasteiger partial charge in [0.25, 0.3) is 12.3 Å². The van der Waals surface area contributed by atoms with E-state index in [9.17, 15) is 23.5 Å². The van der Waals surface area contributed by atoms with Crippen LogP contribution in [0.2, 0.25) is 0 Å². The Hall–Kier alpha value is -1.92. The van der Waals surface area contributed by atoms with Crippen LogP contribution in [-0.4, -0.2) is 33.5 Å². The third kappa shape index (κ3) is 3.59. The van der Waals surface area contributed by atoms with E-state index in [0.29, 0.717) is 0 Å². The zero-order valence-corrected chi connectivity index (χ0v) is 12.5. The summed E-state index contributed by atoms with van der Waals surface area (Å²) in [5.41, 5.74) is -2.21. The van der Waals surface area contributed by atoms with Crippen molar-refractivity contribution in [3.05, 3.63) is 24.0 Å². The van der Waals surface area contributed by atoms with E-state index in [0.717, 1.165) is 4.57 Å². The van der Waals surface area contributed by atoms with Crippen LogP contribution in [0.25, 0.3) is 0 Å². The molecule has 1 aromatic rings. The van der Waals surface area contributed by atoms with Gasteiger partial charge in [-0.3, -0.25) is 9.59 Å². The van der Waals surface area contributed by atoms with Crippen LogP contribution in [0.1, 0.15) is 38.2 Å². The lowest BCUT2D eigenvalue weighted by molar-refractivity contribution is -0.150. The zero-order valence-electron chi connectivity index (χ0n) is 12.5. The largest absolute Gasteiger partial charge is 0.481 e. The first kappa shape index (κ1) is 17.1. The number of alkyl halides is 2. The van der Waals surface area contributed by atoms with Crippen LogP contribution in [0, 0.1) is 5.41 Å². The Labute approximate surface area is 121 Å². The molecule has 1 rings (SSSR count). The molecule has 0 radical (unpaired) electrons. The van der Waals surface area contributed by atoms with Crippen LogP contribution in [-0.2, 0) is 11.3 Å². The summed E-state index contributed by atoms with van der Waals surface area (Å²) in [5, 5.41) is 11.8. The average molecular weight is 302 g/mol. The molecule has 118 valence electrons. The number of carbonyl (C=O) groups excluding carboxylic acids is 1. The van der Waals surface area contributed by atoms with Crippen LogP contribution < -0.4 is 5.32 Å².